The Morgan fingerprint density at radius 1 is 1.19 bits per heavy atom. The average molecular weight is 459 g/mol. The Hall–Kier alpha value is -2.71. The number of hydrogen-bond acceptors (Lipinski definition) is 5. The number of unbranched alkanes of at least 4 members (excludes halogenated alkanes) is 2. The molecule has 1 N–H and O–H groups in total. The first kappa shape index (κ1) is 23.0. The monoisotopic (exact) mass is 458 g/mol. The Morgan fingerprint density at radius 2 is 1.97 bits per heavy atom. The molecule has 31 heavy (non-hydrogen) atoms. The normalized spacial score (nSPS) is 14.9. The van der Waals surface area contributed by atoms with Gasteiger partial charge in [0.25, 0.3) is 5.91 Å². The maximum Gasteiger partial charge on any atom is 0.266 e. The third-order valence-corrected chi connectivity index (χ3v) is 6.06. The number of hydrogen-bond donors (Lipinski definition) is 1. The first-order valence-corrected chi connectivity index (χ1v) is 11.1. The molecule has 0 spiro atoms. The molecule has 2 aromatic carbocycles. The summed E-state index contributed by atoms with van der Waals surface area (Å²) in [4.78, 5) is 26.9. The van der Waals surface area contributed by atoms with Crippen LogP contribution in [0.25, 0.3) is 6.08 Å². The second-order valence-corrected chi connectivity index (χ2v) is 8.65. The van der Waals surface area contributed by atoms with Crippen molar-refractivity contribution in [3.8, 4) is 5.75 Å². The lowest BCUT2D eigenvalue weighted by atomic mass is 10.1. The molecule has 5 nitrogen and oxygen atoms in total. The van der Waals surface area contributed by atoms with Crippen molar-refractivity contribution in [3.05, 3.63) is 64.8 Å². The molecule has 0 unspecified atom stereocenters. The lowest BCUT2D eigenvalue weighted by Gasteiger charge is -2.14. The lowest BCUT2D eigenvalue weighted by Crippen LogP contribution is -2.29. The van der Waals surface area contributed by atoms with Crippen LogP contribution >= 0.6 is 24.0 Å². The maximum atomic E-state index is 13.2. The van der Waals surface area contributed by atoms with Crippen LogP contribution in [0.2, 0.25) is 0 Å². The van der Waals surface area contributed by atoms with Gasteiger partial charge >= 0.3 is 0 Å². The van der Waals surface area contributed by atoms with E-state index in [4.69, 9.17) is 17.0 Å². The number of thiocarbonyl (C=S) groups is 1. The molecule has 3 rings (SSSR count). The standard InChI is InChI=1S/C23H23FN2O3S2/c1-29-19-11-9-16(10-12-19)14-20-22(28)26(23(30)31-20)13-4-2-3-8-21(27)25-18-7-5-6-17(24)15-18/h5-7,9-12,14-15H,2-4,8,13H2,1H3,(H,25,27)/b20-14-. The summed E-state index contributed by atoms with van der Waals surface area (Å²) < 4.78 is 18.9. The first-order chi connectivity index (χ1) is 15.0. The van der Waals surface area contributed by atoms with E-state index in [0.717, 1.165) is 24.2 Å². The van der Waals surface area contributed by atoms with Crippen LogP contribution in [0.3, 0.4) is 0 Å². The van der Waals surface area contributed by atoms with Crippen LogP contribution in [0, 0.1) is 5.82 Å². The van der Waals surface area contributed by atoms with Gasteiger partial charge in [0.1, 0.15) is 15.9 Å². The van der Waals surface area contributed by atoms with Crippen molar-refractivity contribution in [2.75, 3.05) is 19.0 Å². The number of carbonyl (C=O) groups is 2. The Balaban J connectivity index is 1.42. The van der Waals surface area contributed by atoms with Gasteiger partial charge in [0.05, 0.1) is 12.0 Å². The molecule has 0 radical (unpaired) electrons. The molecular formula is C23H23FN2O3S2. The quantitative estimate of drug-likeness (QED) is 0.317. The van der Waals surface area contributed by atoms with Gasteiger partial charge in [-0.3, -0.25) is 14.5 Å². The summed E-state index contributed by atoms with van der Waals surface area (Å²) in [6.07, 6.45) is 4.38. The number of methoxy groups -OCH3 is 1. The number of carbonyl (C=O) groups excluding carboxylic acids is 2. The number of ether oxygens (including phenoxy) is 1. The molecule has 0 atom stereocenters. The minimum Gasteiger partial charge on any atom is -0.497 e. The fourth-order valence-corrected chi connectivity index (χ4v) is 4.37. The Bertz CT molecular complexity index is 993. The SMILES string of the molecule is COc1ccc(/C=C2\SC(=S)N(CCCCCC(=O)Nc3cccc(F)c3)C2=O)cc1. The molecule has 0 aromatic heterocycles. The van der Waals surface area contributed by atoms with Crippen LogP contribution in [0.15, 0.2) is 53.4 Å². The zero-order valence-electron chi connectivity index (χ0n) is 17.1. The molecular weight excluding hydrogens is 435 g/mol. The highest BCUT2D eigenvalue weighted by molar-refractivity contribution is 8.26. The summed E-state index contributed by atoms with van der Waals surface area (Å²) in [7, 11) is 1.61. The molecule has 0 bridgehead atoms. The van der Waals surface area contributed by atoms with Crippen molar-refractivity contribution in [2.45, 2.75) is 25.7 Å². The molecule has 8 heteroatoms. The first-order valence-electron chi connectivity index (χ1n) is 9.91. The zero-order valence-corrected chi connectivity index (χ0v) is 18.7. The predicted octanol–water partition coefficient (Wildman–Crippen LogP) is 5.23. The van der Waals surface area contributed by atoms with Gasteiger partial charge in [-0.15, -0.1) is 0 Å². The van der Waals surface area contributed by atoms with Crippen molar-refractivity contribution >= 4 is 51.9 Å². The molecule has 1 saturated heterocycles. The molecule has 1 heterocycles. The number of rotatable bonds is 9. The number of nitrogens with one attached hydrogen (secondary N) is 1. The summed E-state index contributed by atoms with van der Waals surface area (Å²) in [6.45, 7) is 0.524. The Labute approximate surface area is 190 Å². The highest BCUT2D eigenvalue weighted by atomic mass is 32.2. The average Bonchev–Trinajstić information content (AvgIpc) is 3.01. The van der Waals surface area contributed by atoms with Crippen LogP contribution in [-0.2, 0) is 9.59 Å². The number of nitrogens with zero attached hydrogens (tertiary/aromatic N) is 1. The van der Waals surface area contributed by atoms with E-state index < -0.39 is 0 Å². The van der Waals surface area contributed by atoms with E-state index in [-0.39, 0.29) is 17.6 Å². The number of thioether (sulfide) groups is 1. The van der Waals surface area contributed by atoms with E-state index in [1.165, 1.54) is 23.9 Å². The highest BCUT2D eigenvalue weighted by Gasteiger charge is 2.31. The second kappa shape index (κ2) is 11.1. The van der Waals surface area contributed by atoms with E-state index >= 15 is 0 Å². The molecule has 0 saturated carbocycles. The summed E-state index contributed by atoms with van der Waals surface area (Å²) in [6, 6.07) is 13.3. The van der Waals surface area contributed by atoms with Gasteiger partial charge in [0.15, 0.2) is 0 Å². The van der Waals surface area contributed by atoms with E-state index in [2.05, 4.69) is 5.32 Å². The largest absolute Gasteiger partial charge is 0.497 e. The molecule has 1 aliphatic heterocycles. The summed E-state index contributed by atoms with van der Waals surface area (Å²) in [5.41, 5.74) is 1.36. The molecule has 162 valence electrons. The molecule has 2 amide bonds. The summed E-state index contributed by atoms with van der Waals surface area (Å²) >= 11 is 6.67. The van der Waals surface area contributed by atoms with Gasteiger partial charge in [-0.1, -0.05) is 48.6 Å². The van der Waals surface area contributed by atoms with Crippen LogP contribution in [0.5, 0.6) is 5.75 Å². The zero-order chi connectivity index (χ0) is 22.2. The second-order valence-electron chi connectivity index (χ2n) is 6.98. The fraction of sp³-hybridized carbons (Fsp3) is 0.261. The van der Waals surface area contributed by atoms with Crippen molar-refractivity contribution in [1.82, 2.24) is 4.90 Å². The van der Waals surface area contributed by atoms with Gasteiger partial charge < -0.3 is 10.1 Å². The summed E-state index contributed by atoms with van der Waals surface area (Å²) in [5.74, 6) is 0.130. The smallest absolute Gasteiger partial charge is 0.266 e. The predicted molar refractivity (Wildman–Crippen MR) is 126 cm³/mol. The van der Waals surface area contributed by atoms with Crippen LogP contribution in [-0.4, -0.2) is 34.7 Å². The number of halogens is 1. The van der Waals surface area contributed by atoms with Gasteiger partial charge in [-0.25, -0.2) is 4.39 Å². The van der Waals surface area contributed by atoms with Crippen molar-refractivity contribution in [2.24, 2.45) is 0 Å². The van der Waals surface area contributed by atoms with E-state index in [0.29, 0.717) is 34.3 Å². The third kappa shape index (κ3) is 6.63. The van der Waals surface area contributed by atoms with Crippen molar-refractivity contribution in [3.63, 3.8) is 0 Å². The fourth-order valence-electron chi connectivity index (χ4n) is 3.07. The number of amides is 2. The van der Waals surface area contributed by atoms with Crippen LogP contribution in [0.1, 0.15) is 31.2 Å². The minimum absolute atomic E-state index is 0.0883. The van der Waals surface area contributed by atoms with Gasteiger partial charge in [0.2, 0.25) is 5.91 Å². The van der Waals surface area contributed by atoms with Gasteiger partial charge in [-0.2, -0.15) is 0 Å². The maximum absolute atomic E-state index is 13.2. The van der Waals surface area contributed by atoms with Crippen LogP contribution < -0.4 is 10.1 Å². The molecule has 2 aromatic rings. The molecule has 1 fully saturated rings. The number of benzene rings is 2. The van der Waals surface area contributed by atoms with Gasteiger partial charge in [-0.05, 0) is 54.8 Å². The van der Waals surface area contributed by atoms with Crippen molar-refractivity contribution in [1.29, 1.82) is 0 Å². The molecule has 1 aliphatic rings. The van der Waals surface area contributed by atoms with E-state index in [1.54, 1.807) is 24.1 Å². The topological polar surface area (TPSA) is 58.6 Å². The number of anilines is 1. The molecule has 0 aliphatic carbocycles. The van der Waals surface area contributed by atoms with E-state index in [9.17, 15) is 14.0 Å². The minimum atomic E-state index is -0.387. The summed E-state index contributed by atoms with van der Waals surface area (Å²) in [5, 5.41) is 2.68. The van der Waals surface area contributed by atoms with Crippen molar-refractivity contribution < 1.29 is 18.7 Å². The Morgan fingerprint density at radius 3 is 2.68 bits per heavy atom. The highest BCUT2D eigenvalue weighted by Crippen LogP contribution is 2.33. The van der Waals surface area contributed by atoms with Gasteiger partial charge in [0, 0.05) is 18.7 Å². The Kier molecular flexibility index (Phi) is 8.20. The van der Waals surface area contributed by atoms with E-state index in [1.807, 2.05) is 30.3 Å². The lowest BCUT2D eigenvalue weighted by molar-refractivity contribution is -0.122. The van der Waals surface area contributed by atoms with Crippen LogP contribution in [0.4, 0.5) is 10.1 Å². The third-order valence-electron chi connectivity index (χ3n) is 4.68.